The van der Waals surface area contributed by atoms with Gasteiger partial charge in [0.2, 0.25) is 0 Å². The normalized spacial score (nSPS) is 26.4. The number of hydrogen-bond donors (Lipinski definition) is 1. The van der Waals surface area contributed by atoms with E-state index in [1.165, 1.54) is 18.2 Å². The minimum absolute atomic E-state index is 0.144. The van der Waals surface area contributed by atoms with E-state index >= 15 is 0 Å². The average Bonchev–Trinajstić information content (AvgIpc) is 2.87. The summed E-state index contributed by atoms with van der Waals surface area (Å²) in [6.45, 7) is 0. The molecular formula is C13H10Cl2F3N3O3S2. The molecule has 6 nitrogen and oxygen atoms in total. The summed E-state index contributed by atoms with van der Waals surface area (Å²) in [6, 6.07) is 4.42. The number of benzene rings is 1. The molecule has 2 aliphatic rings. The van der Waals surface area contributed by atoms with Gasteiger partial charge < -0.3 is 5.11 Å². The second kappa shape index (κ2) is 6.26. The van der Waals surface area contributed by atoms with E-state index in [4.69, 9.17) is 23.2 Å². The molecule has 0 bridgehead atoms. The summed E-state index contributed by atoms with van der Waals surface area (Å²) in [5, 5.41) is 13.4. The molecule has 0 radical (unpaired) electrons. The zero-order valence-electron chi connectivity index (χ0n) is 12.8. The van der Waals surface area contributed by atoms with Crippen LogP contribution < -0.4 is 0 Å². The molecule has 26 heavy (non-hydrogen) atoms. The highest BCUT2D eigenvalue weighted by atomic mass is 35.5. The molecule has 0 saturated carbocycles. The summed E-state index contributed by atoms with van der Waals surface area (Å²) in [4.78, 5) is 3.32. The fraction of sp³-hybridized carbons (Fsp3) is 0.385. The van der Waals surface area contributed by atoms with E-state index < -0.39 is 33.5 Å². The lowest BCUT2D eigenvalue weighted by molar-refractivity contribution is -0.262. The molecule has 142 valence electrons. The second-order valence-corrected chi connectivity index (χ2v) is 9.68. The van der Waals surface area contributed by atoms with Gasteiger partial charge in [0, 0.05) is 23.3 Å². The van der Waals surface area contributed by atoms with Crippen LogP contribution in [0.5, 0.6) is 0 Å². The van der Waals surface area contributed by atoms with E-state index in [-0.39, 0.29) is 15.2 Å². The van der Waals surface area contributed by atoms with E-state index in [9.17, 15) is 26.7 Å². The van der Waals surface area contributed by atoms with Crippen molar-refractivity contribution in [2.75, 3.05) is 6.26 Å². The van der Waals surface area contributed by atoms with Crippen molar-refractivity contribution in [2.45, 2.75) is 23.7 Å². The Balaban J connectivity index is 2.10. The lowest BCUT2D eigenvalue weighted by Gasteiger charge is -2.37. The van der Waals surface area contributed by atoms with Crippen LogP contribution in [-0.2, 0) is 9.84 Å². The van der Waals surface area contributed by atoms with Crippen molar-refractivity contribution in [3.63, 3.8) is 0 Å². The number of fused-ring (bicyclic) bond motifs is 1. The molecule has 2 aliphatic heterocycles. The minimum Gasteiger partial charge on any atom is -0.362 e. The quantitative estimate of drug-likeness (QED) is 0.752. The van der Waals surface area contributed by atoms with Gasteiger partial charge in [-0.25, -0.2) is 18.4 Å². The molecule has 0 unspecified atom stereocenters. The lowest BCUT2D eigenvalue weighted by Crippen LogP contribution is -2.55. The van der Waals surface area contributed by atoms with Gasteiger partial charge in [0.15, 0.2) is 20.4 Å². The third-order valence-electron chi connectivity index (χ3n) is 3.70. The van der Waals surface area contributed by atoms with Gasteiger partial charge in [-0.3, -0.25) is 0 Å². The van der Waals surface area contributed by atoms with E-state index in [1.807, 2.05) is 0 Å². The van der Waals surface area contributed by atoms with E-state index in [1.54, 1.807) is 0 Å². The van der Waals surface area contributed by atoms with Gasteiger partial charge in [-0.05, 0) is 30.0 Å². The van der Waals surface area contributed by atoms with E-state index in [0.29, 0.717) is 22.3 Å². The maximum atomic E-state index is 13.2. The van der Waals surface area contributed by atoms with Gasteiger partial charge in [-0.15, -0.1) is 0 Å². The summed E-state index contributed by atoms with van der Waals surface area (Å²) in [7, 11) is -4.02. The first kappa shape index (κ1) is 19.7. The van der Waals surface area contributed by atoms with Crippen molar-refractivity contribution < 1.29 is 26.7 Å². The Morgan fingerprint density at radius 2 is 2.04 bits per heavy atom. The summed E-state index contributed by atoms with van der Waals surface area (Å²) >= 11 is 12.6. The molecule has 1 aromatic carbocycles. The first-order valence-electron chi connectivity index (χ1n) is 6.91. The third-order valence-corrected chi connectivity index (χ3v) is 6.56. The summed E-state index contributed by atoms with van der Waals surface area (Å²) in [5.41, 5.74) is -3.17. The van der Waals surface area contributed by atoms with Gasteiger partial charge in [0.05, 0.1) is 5.02 Å². The fourth-order valence-electron chi connectivity index (χ4n) is 2.37. The second-order valence-electron chi connectivity index (χ2n) is 5.67. The SMILES string of the molecule is CS(=O)(=O)[C@@H]1C[C@@](O)(C(F)(F)F)N=C2SC(c3ccc(Cl)cc3Cl)=NN21. The Kier molecular flexibility index (Phi) is 4.76. The molecule has 2 heterocycles. The number of nitrogens with zero attached hydrogens (tertiary/aromatic N) is 3. The molecule has 1 aromatic rings. The smallest absolute Gasteiger partial charge is 0.362 e. The Hall–Kier alpha value is -1.01. The van der Waals surface area contributed by atoms with Gasteiger partial charge >= 0.3 is 6.18 Å². The number of aliphatic imine (C=N–C) groups is 1. The first-order chi connectivity index (χ1) is 11.8. The Morgan fingerprint density at radius 3 is 2.58 bits per heavy atom. The van der Waals surface area contributed by atoms with Crippen LogP contribution in [0.25, 0.3) is 0 Å². The highest BCUT2D eigenvalue weighted by molar-refractivity contribution is 8.27. The number of rotatable bonds is 2. The molecule has 0 aromatic heterocycles. The molecule has 0 spiro atoms. The number of hydrazone groups is 1. The summed E-state index contributed by atoms with van der Waals surface area (Å²) in [5.74, 6) is 0. The van der Waals surface area contributed by atoms with Crippen molar-refractivity contribution in [1.82, 2.24) is 5.01 Å². The zero-order chi connectivity index (χ0) is 19.5. The predicted molar refractivity (Wildman–Crippen MR) is 94.1 cm³/mol. The van der Waals surface area contributed by atoms with Crippen molar-refractivity contribution in [3.8, 4) is 0 Å². The highest BCUT2D eigenvalue weighted by Crippen LogP contribution is 2.44. The maximum Gasteiger partial charge on any atom is 0.438 e. The van der Waals surface area contributed by atoms with Gasteiger partial charge in [0.1, 0.15) is 5.04 Å². The van der Waals surface area contributed by atoms with Crippen LogP contribution in [0.3, 0.4) is 0 Å². The monoisotopic (exact) mass is 447 g/mol. The topological polar surface area (TPSA) is 82.3 Å². The number of alkyl halides is 3. The third kappa shape index (κ3) is 3.42. The number of aliphatic hydroxyl groups is 1. The molecule has 0 saturated heterocycles. The molecule has 2 atom stereocenters. The first-order valence-corrected chi connectivity index (χ1v) is 10.4. The van der Waals surface area contributed by atoms with Crippen molar-refractivity contribution in [2.24, 2.45) is 10.1 Å². The molecule has 0 amide bonds. The van der Waals surface area contributed by atoms with Crippen LogP contribution in [-0.4, -0.2) is 52.3 Å². The van der Waals surface area contributed by atoms with Crippen molar-refractivity contribution >= 4 is 55.0 Å². The van der Waals surface area contributed by atoms with E-state index in [0.717, 1.165) is 11.3 Å². The average molecular weight is 448 g/mol. The van der Waals surface area contributed by atoms with Crippen LogP contribution in [0, 0.1) is 0 Å². The van der Waals surface area contributed by atoms with Crippen molar-refractivity contribution in [3.05, 3.63) is 33.8 Å². The number of amidine groups is 1. The van der Waals surface area contributed by atoms with Crippen LogP contribution >= 0.6 is 35.0 Å². The number of hydrogen-bond acceptors (Lipinski definition) is 7. The fourth-order valence-corrected chi connectivity index (χ4v) is 5.09. The standard InChI is InChI=1S/C13H10Cl2F3N3O3S2/c1-26(23,24)9-5-12(22,13(16,17)18)19-11-21(9)20-10(25-11)7-3-2-6(14)4-8(7)15/h2-4,9,22H,5H2,1H3/t9-,12-/m1/s1. The minimum atomic E-state index is -5.14. The van der Waals surface area contributed by atoms with Crippen LogP contribution in [0.1, 0.15) is 12.0 Å². The molecule has 3 rings (SSSR count). The summed E-state index contributed by atoms with van der Waals surface area (Å²) < 4.78 is 63.7. The number of halogens is 5. The van der Waals surface area contributed by atoms with Crippen LogP contribution in [0.15, 0.2) is 28.3 Å². The summed E-state index contributed by atoms with van der Waals surface area (Å²) in [6.07, 6.45) is -5.56. The van der Waals surface area contributed by atoms with Crippen molar-refractivity contribution in [1.29, 1.82) is 0 Å². The predicted octanol–water partition coefficient (Wildman–Crippen LogP) is 3.09. The highest BCUT2D eigenvalue weighted by Gasteiger charge is 2.60. The van der Waals surface area contributed by atoms with Gasteiger partial charge in [-0.2, -0.15) is 18.3 Å². The molecule has 13 heteroatoms. The molecule has 0 fully saturated rings. The lowest BCUT2D eigenvalue weighted by atomic mass is 10.1. The zero-order valence-corrected chi connectivity index (χ0v) is 16.0. The van der Waals surface area contributed by atoms with E-state index in [2.05, 4.69) is 10.1 Å². The molecular weight excluding hydrogens is 438 g/mol. The Bertz CT molecular complexity index is 936. The largest absolute Gasteiger partial charge is 0.438 e. The number of thioether (sulfide) groups is 1. The van der Waals surface area contributed by atoms with Gasteiger partial charge in [0.25, 0.3) is 5.72 Å². The number of sulfone groups is 1. The maximum absolute atomic E-state index is 13.2. The van der Waals surface area contributed by atoms with Crippen LogP contribution in [0.4, 0.5) is 13.2 Å². The molecule has 0 aliphatic carbocycles. The molecule has 1 N–H and O–H groups in total. The Labute approximate surface area is 160 Å². The van der Waals surface area contributed by atoms with Gasteiger partial charge in [-0.1, -0.05) is 23.2 Å². The van der Waals surface area contributed by atoms with Crippen LogP contribution in [0.2, 0.25) is 10.0 Å². The Morgan fingerprint density at radius 1 is 1.38 bits per heavy atom.